The Morgan fingerprint density at radius 1 is 1.26 bits per heavy atom. The summed E-state index contributed by atoms with van der Waals surface area (Å²) in [6.45, 7) is 0.693. The number of nitrogens with two attached hydrogens (primary N) is 1. The van der Waals surface area contributed by atoms with Gasteiger partial charge in [-0.05, 0) is 43.2 Å². The fourth-order valence-electron chi connectivity index (χ4n) is 3.90. The van der Waals surface area contributed by atoms with Gasteiger partial charge in [-0.2, -0.15) is 0 Å². The Balaban J connectivity index is 2.17. The quantitative estimate of drug-likeness (QED) is 0.917. The van der Waals surface area contributed by atoms with E-state index in [-0.39, 0.29) is 5.41 Å². The van der Waals surface area contributed by atoms with Crippen LogP contribution in [-0.2, 0) is 18.3 Å². The number of benzene rings is 1. The molecule has 0 atom stereocenters. The first-order chi connectivity index (χ1) is 9.22. The van der Waals surface area contributed by atoms with Crippen molar-refractivity contribution in [2.45, 2.75) is 50.4 Å². The monoisotopic (exact) mass is 279 g/mol. The van der Waals surface area contributed by atoms with Crippen molar-refractivity contribution in [2.24, 2.45) is 5.73 Å². The van der Waals surface area contributed by atoms with Gasteiger partial charge in [0.05, 0.1) is 12.1 Å². The van der Waals surface area contributed by atoms with Crippen molar-refractivity contribution in [2.75, 3.05) is 13.7 Å². The van der Waals surface area contributed by atoms with Gasteiger partial charge in [0.2, 0.25) is 0 Å². The van der Waals surface area contributed by atoms with E-state index in [0.717, 1.165) is 36.5 Å². The highest BCUT2D eigenvalue weighted by Crippen LogP contribution is 2.49. The van der Waals surface area contributed by atoms with Gasteiger partial charge in [0.25, 0.3) is 0 Å². The SMILES string of the molecule is COc1c(C2(CN)CCCC2)cc2c(c1Cl)CCC2. The summed E-state index contributed by atoms with van der Waals surface area (Å²) >= 11 is 6.59. The van der Waals surface area contributed by atoms with Crippen LogP contribution in [0.3, 0.4) is 0 Å². The van der Waals surface area contributed by atoms with Crippen LogP contribution < -0.4 is 10.5 Å². The van der Waals surface area contributed by atoms with Crippen molar-refractivity contribution in [1.29, 1.82) is 0 Å². The zero-order valence-corrected chi connectivity index (χ0v) is 12.4. The highest BCUT2D eigenvalue weighted by Gasteiger charge is 2.38. The van der Waals surface area contributed by atoms with E-state index in [1.54, 1.807) is 7.11 Å². The van der Waals surface area contributed by atoms with Crippen LogP contribution in [0.4, 0.5) is 0 Å². The Hall–Kier alpha value is -0.730. The van der Waals surface area contributed by atoms with Crippen molar-refractivity contribution in [3.8, 4) is 5.75 Å². The minimum Gasteiger partial charge on any atom is -0.495 e. The molecular weight excluding hydrogens is 258 g/mol. The highest BCUT2D eigenvalue weighted by molar-refractivity contribution is 6.33. The fourth-order valence-corrected chi connectivity index (χ4v) is 4.30. The highest BCUT2D eigenvalue weighted by atomic mass is 35.5. The van der Waals surface area contributed by atoms with Crippen LogP contribution in [0.25, 0.3) is 0 Å². The first kappa shape index (κ1) is 13.3. The number of halogens is 1. The summed E-state index contributed by atoms with van der Waals surface area (Å²) in [6, 6.07) is 2.34. The predicted molar refractivity (Wildman–Crippen MR) is 79.2 cm³/mol. The second kappa shape index (κ2) is 4.99. The maximum atomic E-state index is 6.59. The van der Waals surface area contributed by atoms with Crippen LogP contribution in [0.1, 0.15) is 48.8 Å². The zero-order valence-electron chi connectivity index (χ0n) is 11.6. The Labute approximate surface area is 120 Å². The van der Waals surface area contributed by atoms with E-state index in [4.69, 9.17) is 22.1 Å². The van der Waals surface area contributed by atoms with Gasteiger partial charge < -0.3 is 10.5 Å². The lowest BCUT2D eigenvalue weighted by atomic mass is 9.77. The molecule has 0 amide bonds. The minimum absolute atomic E-state index is 0.0899. The summed E-state index contributed by atoms with van der Waals surface area (Å²) in [7, 11) is 1.73. The second-order valence-electron chi connectivity index (χ2n) is 5.95. The molecule has 3 heteroatoms. The Bertz CT molecular complexity index is 492. The molecule has 0 aromatic heterocycles. The molecule has 0 unspecified atom stereocenters. The lowest BCUT2D eigenvalue weighted by molar-refractivity contribution is 0.377. The molecule has 1 aromatic carbocycles. The van der Waals surface area contributed by atoms with Crippen molar-refractivity contribution in [3.05, 3.63) is 27.8 Å². The van der Waals surface area contributed by atoms with E-state index < -0.39 is 0 Å². The van der Waals surface area contributed by atoms with E-state index in [1.165, 1.54) is 36.0 Å². The maximum absolute atomic E-state index is 6.59. The second-order valence-corrected chi connectivity index (χ2v) is 6.33. The van der Waals surface area contributed by atoms with Crippen LogP contribution in [0.5, 0.6) is 5.75 Å². The average molecular weight is 280 g/mol. The summed E-state index contributed by atoms with van der Waals surface area (Å²) in [5, 5.41) is 0.840. The Morgan fingerprint density at radius 3 is 2.63 bits per heavy atom. The molecule has 0 bridgehead atoms. The molecule has 2 aliphatic carbocycles. The molecule has 0 aliphatic heterocycles. The van der Waals surface area contributed by atoms with Gasteiger partial charge >= 0.3 is 0 Å². The predicted octanol–water partition coefficient (Wildman–Crippen LogP) is 3.61. The van der Waals surface area contributed by atoms with Gasteiger partial charge in [-0.1, -0.05) is 30.5 Å². The molecule has 1 fully saturated rings. The Morgan fingerprint density at radius 2 is 2.00 bits per heavy atom. The molecule has 0 spiro atoms. The summed E-state index contributed by atoms with van der Waals surface area (Å²) in [5.41, 5.74) is 10.2. The van der Waals surface area contributed by atoms with Gasteiger partial charge in [0, 0.05) is 17.5 Å². The van der Waals surface area contributed by atoms with E-state index >= 15 is 0 Å². The summed E-state index contributed by atoms with van der Waals surface area (Å²) < 4.78 is 5.65. The molecule has 0 saturated heterocycles. The van der Waals surface area contributed by atoms with E-state index in [1.807, 2.05) is 0 Å². The summed E-state index contributed by atoms with van der Waals surface area (Å²) in [6.07, 6.45) is 8.28. The number of hydrogen-bond donors (Lipinski definition) is 1. The number of methoxy groups -OCH3 is 1. The van der Waals surface area contributed by atoms with Crippen molar-refractivity contribution in [3.63, 3.8) is 0 Å². The number of ether oxygens (including phenoxy) is 1. The van der Waals surface area contributed by atoms with Crippen molar-refractivity contribution in [1.82, 2.24) is 0 Å². The van der Waals surface area contributed by atoms with Crippen LogP contribution >= 0.6 is 11.6 Å². The number of fused-ring (bicyclic) bond motifs is 1. The molecule has 1 saturated carbocycles. The number of aryl methyl sites for hydroxylation is 1. The van der Waals surface area contributed by atoms with E-state index in [9.17, 15) is 0 Å². The van der Waals surface area contributed by atoms with Gasteiger partial charge in [0.15, 0.2) is 0 Å². The smallest absolute Gasteiger partial charge is 0.141 e. The molecule has 0 heterocycles. The van der Waals surface area contributed by atoms with Gasteiger partial charge in [-0.25, -0.2) is 0 Å². The Kier molecular flexibility index (Phi) is 3.48. The van der Waals surface area contributed by atoms with Crippen LogP contribution in [0.2, 0.25) is 5.02 Å². The lowest BCUT2D eigenvalue weighted by Crippen LogP contribution is -2.32. The standard InChI is InChI=1S/C16H22ClNO/c1-19-15-13(16(10-18)7-2-3-8-16)9-11-5-4-6-12(11)14(15)17/h9H,2-8,10,18H2,1H3. The topological polar surface area (TPSA) is 35.2 Å². The molecule has 19 heavy (non-hydrogen) atoms. The molecule has 1 aromatic rings. The lowest BCUT2D eigenvalue weighted by Gasteiger charge is -2.31. The van der Waals surface area contributed by atoms with E-state index in [2.05, 4.69) is 6.07 Å². The normalized spacial score (nSPS) is 20.6. The van der Waals surface area contributed by atoms with Crippen LogP contribution in [-0.4, -0.2) is 13.7 Å². The third-order valence-electron chi connectivity index (χ3n) is 5.01. The molecule has 104 valence electrons. The maximum Gasteiger partial charge on any atom is 0.141 e. The fraction of sp³-hybridized carbons (Fsp3) is 0.625. The number of hydrogen-bond acceptors (Lipinski definition) is 2. The molecular formula is C16H22ClNO. The number of rotatable bonds is 3. The first-order valence-corrected chi connectivity index (χ1v) is 7.68. The largest absolute Gasteiger partial charge is 0.495 e. The third kappa shape index (κ3) is 1.96. The average Bonchev–Trinajstić information content (AvgIpc) is 3.08. The molecule has 2 aliphatic rings. The van der Waals surface area contributed by atoms with Crippen LogP contribution in [0, 0.1) is 0 Å². The van der Waals surface area contributed by atoms with E-state index in [0.29, 0.717) is 6.54 Å². The van der Waals surface area contributed by atoms with Gasteiger partial charge in [-0.3, -0.25) is 0 Å². The third-order valence-corrected chi connectivity index (χ3v) is 5.41. The zero-order chi connectivity index (χ0) is 13.5. The molecule has 2 N–H and O–H groups in total. The molecule has 0 radical (unpaired) electrons. The van der Waals surface area contributed by atoms with Crippen molar-refractivity contribution >= 4 is 11.6 Å². The summed E-state index contributed by atoms with van der Waals surface area (Å²) in [5.74, 6) is 0.884. The minimum atomic E-state index is 0.0899. The summed E-state index contributed by atoms with van der Waals surface area (Å²) in [4.78, 5) is 0. The molecule has 2 nitrogen and oxygen atoms in total. The van der Waals surface area contributed by atoms with Gasteiger partial charge in [-0.15, -0.1) is 0 Å². The molecule has 3 rings (SSSR count). The van der Waals surface area contributed by atoms with Crippen molar-refractivity contribution < 1.29 is 4.74 Å². The first-order valence-electron chi connectivity index (χ1n) is 7.30. The van der Waals surface area contributed by atoms with Gasteiger partial charge in [0.1, 0.15) is 5.75 Å². The van der Waals surface area contributed by atoms with Crippen LogP contribution in [0.15, 0.2) is 6.07 Å².